The van der Waals surface area contributed by atoms with Gasteiger partial charge in [-0.25, -0.2) is 0 Å². The molecule has 0 aromatic heterocycles. The standard InChI is InChI=1S/C10H13NO2/c1-13-8-2-3-9-7(6-8)4-5-11-10(9)12/h2-3,7H,4-6H2,1H3,(H,11,12). The van der Waals surface area contributed by atoms with Crippen LogP contribution in [0.2, 0.25) is 0 Å². The number of hydrogen-bond donors (Lipinski definition) is 1. The Hall–Kier alpha value is -1.25. The Labute approximate surface area is 77.5 Å². The second-order valence-electron chi connectivity index (χ2n) is 3.40. The van der Waals surface area contributed by atoms with E-state index in [0.717, 1.165) is 30.7 Å². The first kappa shape index (κ1) is 8.35. The number of hydrogen-bond acceptors (Lipinski definition) is 2. The minimum Gasteiger partial charge on any atom is -0.501 e. The van der Waals surface area contributed by atoms with Crippen molar-refractivity contribution in [1.82, 2.24) is 5.32 Å². The Morgan fingerprint density at radius 1 is 1.54 bits per heavy atom. The minimum atomic E-state index is 0.0858. The van der Waals surface area contributed by atoms with E-state index in [2.05, 4.69) is 5.32 Å². The van der Waals surface area contributed by atoms with Gasteiger partial charge in [-0.1, -0.05) is 0 Å². The number of methoxy groups -OCH3 is 1. The highest BCUT2D eigenvalue weighted by molar-refractivity contribution is 5.95. The number of ether oxygens (including phenoxy) is 1. The molecule has 70 valence electrons. The summed E-state index contributed by atoms with van der Waals surface area (Å²) in [4.78, 5) is 11.4. The van der Waals surface area contributed by atoms with Gasteiger partial charge in [0.25, 0.3) is 0 Å². The van der Waals surface area contributed by atoms with Gasteiger partial charge in [-0.15, -0.1) is 0 Å². The van der Waals surface area contributed by atoms with Gasteiger partial charge in [-0.05, 0) is 24.5 Å². The van der Waals surface area contributed by atoms with Gasteiger partial charge in [-0.3, -0.25) is 4.79 Å². The van der Waals surface area contributed by atoms with Crippen LogP contribution in [0.4, 0.5) is 0 Å². The van der Waals surface area contributed by atoms with Crippen LogP contribution >= 0.6 is 0 Å². The minimum absolute atomic E-state index is 0.0858. The number of fused-ring (bicyclic) bond motifs is 1. The Balaban J connectivity index is 2.23. The van der Waals surface area contributed by atoms with E-state index in [1.54, 1.807) is 7.11 Å². The third kappa shape index (κ3) is 1.46. The fourth-order valence-corrected chi connectivity index (χ4v) is 1.87. The summed E-state index contributed by atoms with van der Waals surface area (Å²) < 4.78 is 5.16. The van der Waals surface area contributed by atoms with Gasteiger partial charge in [0, 0.05) is 18.5 Å². The van der Waals surface area contributed by atoms with Gasteiger partial charge in [-0.2, -0.15) is 0 Å². The van der Waals surface area contributed by atoms with Crippen LogP contribution in [0.1, 0.15) is 12.8 Å². The molecular formula is C10H13NO2. The van der Waals surface area contributed by atoms with E-state index in [0.29, 0.717) is 5.92 Å². The lowest BCUT2D eigenvalue weighted by Gasteiger charge is -2.27. The summed E-state index contributed by atoms with van der Waals surface area (Å²) in [6.07, 6.45) is 5.66. The predicted octanol–water partition coefficient (Wildman–Crippen LogP) is 0.983. The molecule has 1 amide bonds. The van der Waals surface area contributed by atoms with E-state index in [1.165, 1.54) is 0 Å². The van der Waals surface area contributed by atoms with E-state index in [-0.39, 0.29) is 5.91 Å². The quantitative estimate of drug-likeness (QED) is 0.651. The van der Waals surface area contributed by atoms with Crippen molar-refractivity contribution >= 4 is 5.91 Å². The van der Waals surface area contributed by atoms with Crippen LogP contribution in [-0.2, 0) is 9.53 Å². The highest BCUT2D eigenvalue weighted by Crippen LogP contribution is 2.30. The van der Waals surface area contributed by atoms with Gasteiger partial charge in [0.1, 0.15) is 0 Å². The molecule has 1 fully saturated rings. The van der Waals surface area contributed by atoms with Crippen molar-refractivity contribution in [3.63, 3.8) is 0 Å². The summed E-state index contributed by atoms with van der Waals surface area (Å²) in [7, 11) is 1.67. The lowest BCUT2D eigenvalue weighted by atomic mass is 9.85. The molecule has 1 saturated heterocycles. The van der Waals surface area contributed by atoms with Gasteiger partial charge in [0.05, 0.1) is 12.9 Å². The number of amides is 1. The van der Waals surface area contributed by atoms with Crippen LogP contribution in [0.25, 0.3) is 0 Å². The molecule has 0 radical (unpaired) electrons. The molecule has 1 heterocycles. The number of nitrogens with one attached hydrogen (secondary N) is 1. The van der Waals surface area contributed by atoms with Gasteiger partial charge in [0.2, 0.25) is 5.91 Å². The molecule has 1 aliphatic heterocycles. The van der Waals surface area contributed by atoms with E-state index in [1.807, 2.05) is 12.2 Å². The Bertz CT molecular complexity index is 291. The zero-order valence-electron chi connectivity index (χ0n) is 7.67. The van der Waals surface area contributed by atoms with Crippen molar-refractivity contribution in [3.8, 4) is 0 Å². The van der Waals surface area contributed by atoms with Crippen molar-refractivity contribution in [2.45, 2.75) is 12.8 Å². The summed E-state index contributed by atoms with van der Waals surface area (Å²) in [6, 6.07) is 0. The molecule has 0 aromatic carbocycles. The molecule has 0 spiro atoms. The Morgan fingerprint density at radius 3 is 3.15 bits per heavy atom. The molecule has 1 N–H and O–H groups in total. The summed E-state index contributed by atoms with van der Waals surface area (Å²) in [6.45, 7) is 0.790. The fourth-order valence-electron chi connectivity index (χ4n) is 1.87. The summed E-state index contributed by atoms with van der Waals surface area (Å²) in [5.74, 6) is 1.43. The number of carbonyl (C=O) groups is 1. The predicted molar refractivity (Wildman–Crippen MR) is 48.9 cm³/mol. The van der Waals surface area contributed by atoms with Crippen molar-refractivity contribution in [3.05, 3.63) is 23.5 Å². The van der Waals surface area contributed by atoms with Crippen LogP contribution in [0, 0.1) is 5.92 Å². The monoisotopic (exact) mass is 179 g/mol. The summed E-state index contributed by atoms with van der Waals surface area (Å²) in [5.41, 5.74) is 0.909. The molecule has 1 aliphatic carbocycles. The average Bonchev–Trinajstić information content (AvgIpc) is 2.18. The number of piperidine rings is 1. The smallest absolute Gasteiger partial charge is 0.247 e. The molecule has 13 heavy (non-hydrogen) atoms. The number of rotatable bonds is 1. The van der Waals surface area contributed by atoms with E-state index in [9.17, 15) is 4.79 Å². The van der Waals surface area contributed by atoms with Crippen LogP contribution in [0.5, 0.6) is 0 Å². The number of carbonyl (C=O) groups excluding carboxylic acids is 1. The van der Waals surface area contributed by atoms with Crippen molar-refractivity contribution < 1.29 is 9.53 Å². The molecule has 3 heteroatoms. The first-order valence-corrected chi connectivity index (χ1v) is 4.54. The first-order valence-electron chi connectivity index (χ1n) is 4.54. The van der Waals surface area contributed by atoms with Crippen molar-refractivity contribution in [2.24, 2.45) is 5.92 Å². The molecule has 3 nitrogen and oxygen atoms in total. The Morgan fingerprint density at radius 2 is 2.38 bits per heavy atom. The first-order chi connectivity index (χ1) is 6.31. The maximum atomic E-state index is 11.4. The average molecular weight is 179 g/mol. The van der Waals surface area contributed by atoms with Gasteiger partial charge in [0.15, 0.2) is 0 Å². The maximum Gasteiger partial charge on any atom is 0.247 e. The van der Waals surface area contributed by atoms with E-state index in [4.69, 9.17) is 4.74 Å². The fraction of sp³-hybridized carbons (Fsp3) is 0.500. The third-order valence-corrected chi connectivity index (χ3v) is 2.64. The van der Waals surface area contributed by atoms with Crippen LogP contribution in [0.3, 0.4) is 0 Å². The number of allylic oxidation sites excluding steroid dienone is 3. The zero-order chi connectivity index (χ0) is 9.26. The molecule has 0 aromatic rings. The van der Waals surface area contributed by atoms with Crippen LogP contribution in [0.15, 0.2) is 23.5 Å². The molecule has 2 rings (SSSR count). The van der Waals surface area contributed by atoms with E-state index < -0.39 is 0 Å². The lowest BCUT2D eigenvalue weighted by molar-refractivity contribution is -0.119. The van der Waals surface area contributed by atoms with Crippen molar-refractivity contribution in [2.75, 3.05) is 13.7 Å². The highest BCUT2D eigenvalue weighted by Gasteiger charge is 2.27. The summed E-state index contributed by atoms with van der Waals surface area (Å²) in [5, 5.41) is 2.84. The maximum absolute atomic E-state index is 11.4. The highest BCUT2D eigenvalue weighted by atomic mass is 16.5. The molecule has 1 atom stereocenters. The van der Waals surface area contributed by atoms with Crippen LogP contribution in [-0.4, -0.2) is 19.6 Å². The molecule has 0 bridgehead atoms. The lowest BCUT2D eigenvalue weighted by Crippen LogP contribution is -2.37. The summed E-state index contributed by atoms with van der Waals surface area (Å²) >= 11 is 0. The topological polar surface area (TPSA) is 38.3 Å². The van der Waals surface area contributed by atoms with E-state index >= 15 is 0 Å². The zero-order valence-corrected chi connectivity index (χ0v) is 7.67. The molecular weight excluding hydrogens is 166 g/mol. The van der Waals surface area contributed by atoms with Gasteiger partial charge < -0.3 is 10.1 Å². The third-order valence-electron chi connectivity index (χ3n) is 2.64. The second kappa shape index (κ2) is 3.24. The Kier molecular flexibility index (Phi) is 2.08. The van der Waals surface area contributed by atoms with Gasteiger partial charge >= 0.3 is 0 Å². The largest absolute Gasteiger partial charge is 0.501 e. The van der Waals surface area contributed by atoms with Crippen molar-refractivity contribution in [1.29, 1.82) is 0 Å². The SMILES string of the molecule is COC1=CC=C2C(=O)NCCC2C1. The normalized spacial score (nSPS) is 26.8. The molecule has 2 aliphatic rings. The molecule has 0 saturated carbocycles. The van der Waals surface area contributed by atoms with Crippen LogP contribution < -0.4 is 5.32 Å². The second-order valence-corrected chi connectivity index (χ2v) is 3.40. The molecule has 1 unspecified atom stereocenters.